The first-order valence-electron chi connectivity index (χ1n) is 8.42. The smallest absolute Gasteiger partial charge is 0.265 e. The van der Waals surface area contributed by atoms with Crippen LogP contribution in [0.3, 0.4) is 0 Å². The summed E-state index contributed by atoms with van der Waals surface area (Å²) in [6.45, 7) is -0.348. The number of hydrogen-bond acceptors (Lipinski definition) is 4. The second-order valence-electron chi connectivity index (χ2n) is 6.11. The molecular formula is C20H13N5O3. The first-order chi connectivity index (χ1) is 13.6. The molecule has 0 saturated heterocycles. The van der Waals surface area contributed by atoms with Crippen molar-refractivity contribution in [3.63, 3.8) is 0 Å². The van der Waals surface area contributed by atoms with Crippen LogP contribution in [0.25, 0.3) is 21.2 Å². The van der Waals surface area contributed by atoms with Crippen LogP contribution >= 0.6 is 0 Å². The fourth-order valence-corrected chi connectivity index (χ4v) is 3.30. The van der Waals surface area contributed by atoms with Gasteiger partial charge in [-0.2, -0.15) is 0 Å². The molecule has 4 rings (SSSR count). The third kappa shape index (κ3) is 2.74. The third-order valence-corrected chi connectivity index (χ3v) is 4.47. The summed E-state index contributed by atoms with van der Waals surface area (Å²) in [7, 11) is 0. The number of carbonyl (C=O) groups is 3. The molecular weight excluding hydrogens is 358 g/mol. The zero-order valence-corrected chi connectivity index (χ0v) is 14.5. The standard InChI is InChI=1S/C20H13N5O3/c21-24-22-11-17(26)23-16-10-9-15-18-13(16)7-4-8-14(18)19(27)25(20(15)28)12-5-2-1-3-6-12/h1-10H,11H2,(H,23,26). The molecule has 0 fully saturated rings. The van der Waals surface area contributed by atoms with Gasteiger partial charge in [0.15, 0.2) is 0 Å². The number of anilines is 2. The third-order valence-electron chi connectivity index (χ3n) is 4.47. The number of para-hydroxylation sites is 1. The molecule has 0 atom stereocenters. The van der Waals surface area contributed by atoms with Gasteiger partial charge in [-0.05, 0) is 35.9 Å². The Morgan fingerprint density at radius 2 is 1.68 bits per heavy atom. The molecule has 0 unspecified atom stereocenters. The van der Waals surface area contributed by atoms with E-state index in [4.69, 9.17) is 5.53 Å². The van der Waals surface area contributed by atoms with Gasteiger partial charge in [-0.15, -0.1) is 0 Å². The normalized spacial score (nSPS) is 12.6. The van der Waals surface area contributed by atoms with Crippen LogP contribution in [0.4, 0.5) is 11.4 Å². The van der Waals surface area contributed by atoms with E-state index >= 15 is 0 Å². The highest BCUT2D eigenvalue weighted by Crippen LogP contribution is 2.36. The van der Waals surface area contributed by atoms with E-state index in [9.17, 15) is 14.4 Å². The summed E-state index contributed by atoms with van der Waals surface area (Å²) in [5.74, 6) is -1.34. The van der Waals surface area contributed by atoms with Crippen molar-refractivity contribution in [3.05, 3.63) is 82.2 Å². The first-order valence-corrected chi connectivity index (χ1v) is 8.42. The number of carbonyl (C=O) groups excluding carboxylic acids is 3. The van der Waals surface area contributed by atoms with Crippen molar-refractivity contribution >= 4 is 39.9 Å². The largest absolute Gasteiger partial charge is 0.325 e. The molecule has 3 aromatic rings. The molecule has 1 aliphatic heterocycles. The minimum atomic E-state index is -0.488. The van der Waals surface area contributed by atoms with Crippen LogP contribution in [0.2, 0.25) is 0 Å². The average Bonchev–Trinajstić information content (AvgIpc) is 2.72. The lowest BCUT2D eigenvalue weighted by Gasteiger charge is -2.27. The number of nitrogens with one attached hydrogen (secondary N) is 1. The quantitative estimate of drug-likeness (QED) is 0.324. The number of rotatable bonds is 4. The summed E-state index contributed by atoms with van der Waals surface area (Å²) in [6.07, 6.45) is 0. The summed E-state index contributed by atoms with van der Waals surface area (Å²) in [6, 6.07) is 17.0. The molecule has 0 spiro atoms. The molecule has 3 aromatic carbocycles. The van der Waals surface area contributed by atoms with Gasteiger partial charge in [0.25, 0.3) is 11.8 Å². The van der Waals surface area contributed by atoms with E-state index < -0.39 is 17.7 Å². The SMILES string of the molecule is [N-]=[N+]=NCC(=O)Nc1ccc2c3c(cccc13)C(=O)N(c1ccccc1)C2=O. The van der Waals surface area contributed by atoms with Gasteiger partial charge in [-0.1, -0.05) is 35.4 Å². The monoisotopic (exact) mass is 371 g/mol. The Bertz CT molecular complexity index is 1160. The van der Waals surface area contributed by atoms with E-state index in [2.05, 4.69) is 15.3 Å². The minimum absolute atomic E-state index is 0.348. The van der Waals surface area contributed by atoms with Crippen LogP contribution in [-0.4, -0.2) is 24.3 Å². The fourth-order valence-electron chi connectivity index (χ4n) is 3.30. The van der Waals surface area contributed by atoms with E-state index in [-0.39, 0.29) is 6.54 Å². The van der Waals surface area contributed by atoms with E-state index in [1.807, 2.05) is 6.07 Å². The molecule has 8 nitrogen and oxygen atoms in total. The Kier molecular flexibility index (Phi) is 4.23. The van der Waals surface area contributed by atoms with E-state index in [1.54, 1.807) is 54.6 Å². The summed E-state index contributed by atoms with van der Waals surface area (Å²) in [4.78, 5) is 41.7. The second kappa shape index (κ2) is 6.86. The second-order valence-corrected chi connectivity index (χ2v) is 6.11. The van der Waals surface area contributed by atoms with E-state index in [0.717, 1.165) is 4.90 Å². The maximum Gasteiger partial charge on any atom is 0.265 e. The lowest BCUT2D eigenvalue weighted by molar-refractivity contribution is -0.114. The predicted molar refractivity (Wildman–Crippen MR) is 104 cm³/mol. The maximum absolute atomic E-state index is 13.1. The summed E-state index contributed by atoms with van der Waals surface area (Å²) >= 11 is 0. The topological polar surface area (TPSA) is 115 Å². The minimum Gasteiger partial charge on any atom is -0.325 e. The van der Waals surface area contributed by atoms with Crippen molar-refractivity contribution in [2.45, 2.75) is 0 Å². The van der Waals surface area contributed by atoms with Crippen molar-refractivity contribution in [2.75, 3.05) is 16.8 Å². The van der Waals surface area contributed by atoms with Crippen LogP contribution in [-0.2, 0) is 4.79 Å². The molecule has 3 amide bonds. The van der Waals surface area contributed by atoms with Crippen LogP contribution in [0.5, 0.6) is 0 Å². The number of benzene rings is 3. The molecule has 0 aromatic heterocycles. The van der Waals surface area contributed by atoms with Gasteiger partial charge in [0, 0.05) is 32.5 Å². The highest BCUT2D eigenvalue weighted by atomic mass is 16.2. The maximum atomic E-state index is 13.1. The fraction of sp³-hybridized carbons (Fsp3) is 0.0500. The zero-order chi connectivity index (χ0) is 19.7. The number of azide groups is 1. The van der Waals surface area contributed by atoms with Crippen molar-refractivity contribution in [2.24, 2.45) is 5.11 Å². The number of hydrogen-bond donors (Lipinski definition) is 1. The number of nitrogens with zero attached hydrogens (tertiary/aromatic N) is 4. The molecule has 1 heterocycles. The predicted octanol–water partition coefficient (Wildman–Crippen LogP) is 3.89. The summed E-state index contributed by atoms with van der Waals surface area (Å²) in [5.41, 5.74) is 10.0. The molecule has 28 heavy (non-hydrogen) atoms. The molecule has 0 bridgehead atoms. The van der Waals surface area contributed by atoms with Crippen molar-refractivity contribution in [1.82, 2.24) is 0 Å². The molecule has 136 valence electrons. The van der Waals surface area contributed by atoms with Gasteiger partial charge < -0.3 is 5.32 Å². The van der Waals surface area contributed by atoms with E-state index in [1.165, 1.54) is 0 Å². The molecule has 0 aliphatic carbocycles. The summed E-state index contributed by atoms with van der Waals surface area (Å²) < 4.78 is 0. The summed E-state index contributed by atoms with van der Waals surface area (Å²) in [5, 5.41) is 6.95. The number of amides is 3. The van der Waals surface area contributed by atoms with Gasteiger partial charge in [0.05, 0.1) is 5.69 Å². The highest BCUT2D eigenvalue weighted by molar-refractivity contribution is 6.36. The molecule has 0 saturated carbocycles. The van der Waals surface area contributed by atoms with Gasteiger partial charge in [-0.25, -0.2) is 4.90 Å². The van der Waals surface area contributed by atoms with Gasteiger partial charge in [-0.3, -0.25) is 14.4 Å². The van der Waals surface area contributed by atoms with Crippen LogP contribution in [0, 0.1) is 0 Å². The van der Waals surface area contributed by atoms with Crippen LogP contribution < -0.4 is 10.2 Å². The van der Waals surface area contributed by atoms with Crippen LogP contribution in [0.15, 0.2) is 65.8 Å². The van der Waals surface area contributed by atoms with Gasteiger partial charge in [0.2, 0.25) is 5.91 Å². The van der Waals surface area contributed by atoms with Crippen molar-refractivity contribution in [1.29, 1.82) is 0 Å². The van der Waals surface area contributed by atoms with Crippen molar-refractivity contribution in [3.8, 4) is 0 Å². The molecule has 1 N–H and O–H groups in total. The van der Waals surface area contributed by atoms with Gasteiger partial charge >= 0.3 is 0 Å². The van der Waals surface area contributed by atoms with Gasteiger partial charge in [0.1, 0.15) is 6.54 Å². The van der Waals surface area contributed by atoms with E-state index in [0.29, 0.717) is 33.3 Å². The Morgan fingerprint density at radius 1 is 0.964 bits per heavy atom. The molecule has 8 heteroatoms. The molecule has 0 radical (unpaired) electrons. The highest BCUT2D eigenvalue weighted by Gasteiger charge is 2.34. The first kappa shape index (κ1) is 17.3. The lowest BCUT2D eigenvalue weighted by Crippen LogP contribution is -2.40. The van der Waals surface area contributed by atoms with Crippen LogP contribution in [0.1, 0.15) is 20.7 Å². The van der Waals surface area contributed by atoms with Crippen molar-refractivity contribution < 1.29 is 14.4 Å². The lowest BCUT2D eigenvalue weighted by atomic mass is 9.92. The molecule has 1 aliphatic rings. The Hall–Kier alpha value is -4.16. The number of imide groups is 1. The Labute approximate surface area is 159 Å². The average molecular weight is 371 g/mol. The Morgan fingerprint density at radius 3 is 2.39 bits per heavy atom. The Balaban J connectivity index is 1.84. The zero-order valence-electron chi connectivity index (χ0n) is 14.5.